The monoisotopic (exact) mass is 380 g/mol. The van der Waals surface area contributed by atoms with E-state index < -0.39 is 0 Å². The number of amides is 2. The normalized spacial score (nSPS) is 14.9. The maximum atomic E-state index is 11.1. The summed E-state index contributed by atoms with van der Waals surface area (Å²) in [4.78, 5) is 22.1. The number of anilines is 2. The fourth-order valence-corrected chi connectivity index (χ4v) is 3.21. The molecule has 0 saturated heterocycles. The molecule has 2 aliphatic heterocycles. The average molecular weight is 380 g/mol. The number of carbonyl (C=O) groups excluding carboxylic acids is 2. The van der Waals surface area contributed by atoms with E-state index in [0.29, 0.717) is 18.3 Å². The lowest BCUT2D eigenvalue weighted by atomic mass is 9.95. The van der Waals surface area contributed by atoms with Gasteiger partial charge in [-0.25, -0.2) is 0 Å². The Morgan fingerprint density at radius 2 is 1.39 bits per heavy atom. The Morgan fingerprint density at radius 3 is 2.07 bits per heavy atom. The van der Waals surface area contributed by atoms with Crippen LogP contribution in [-0.2, 0) is 16.0 Å². The van der Waals surface area contributed by atoms with Crippen LogP contribution in [0.2, 0.25) is 0 Å². The number of fused-ring (bicyclic) bond motifs is 2. The molecule has 148 valence electrons. The molecule has 2 aliphatic rings. The zero-order chi connectivity index (χ0) is 20.3. The molecule has 28 heavy (non-hydrogen) atoms. The van der Waals surface area contributed by atoms with Crippen molar-refractivity contribution < 1.29 is 14.3 Å². The SMILES string of the molecule is CC(C)c1ccc2c(c1)CCC(=O)N2.CC(C)c1ccc2c(c1)OCC(=O)N2. The van der Waals surface area contributed by atoms with Crippen molar-refractivity contribution in [3.05, 3.63) is 53.1 Å². The van der Waals surface area contributed by atoms with E-state index in [1.54, 1.807) is 0 Å². The molecule has 0 aliphatic carbocycles. The zero-order valence-electron chi connectivity index (χ0n) is 17.0. The van der Waals surface area contributed by atoms with Crippen molar-refractivity contribution in [2.75, 3.05) is 17.2 Å². The number of nitrogens with one attached hydrogen (secondary N) is 2. The number of ether oxygens (including phenoxy) is 1. The second kappa shape index (κ2) is 8.46. The fraction of sp³-hybridized carbons (Fsp3) is 0.391. The molecule has 0 fully saturated rings. The van der Waals surface area contributed by atoms with E-state index in [4.69, 9.17) is 4.74 Å². The average Bonchev–Trinajstić information content (AvgIpc) is 2.67. The molecular formula is C23H28N2O3. The topological polar surface area (TPSA) is 67.4 Å². The summed E-state index contributed by atoms with van der Waals surface area (Å²) in [5.74, 6) is 1.85. The predicted octanol–water partition coefficient (Wildman–Crippen LogP) is 4.84. The lowest BCUT2D eigenvalue weighted by Gasteiger charge is -2.19. The van der Waals surface area contributed by atoms with Crippen LogP contribution in [0.1, 0.15) is 62.6 Å². The Hall–Kier alpha value is -2.82. The lowest BCUT2D eigenvalue weighted by molar-refractivity contribution is -0.118. The molecule has 2 heterocycles. The molecule has 0 bridgehead atoms. The summed E-state index contributed by atoms with van der Waals surface area (Å²) < 4.78 is 5.31. The van der Waals surface area contributed by atoms with Crippen molar-refractivity contribution in [1.82, 2.24) is 0 Å². The molecule has 0 aromatic heterocycles. The van der Waals surface area contributed by atoms with Crippen LogP contribution in [-0.4, -0.2) is 18.4 Å². The van der Waals surface area contributed by atoms with E-state index in [-0.39, 0.29) is 18.4 Å². The highest BCUT2D eigenvalue weighted by Gasteiger charge is 2.16. The first-order valence-corrected chi connectivity index (χ1v) is 9.82. The van der Waals surface area contributed by atoms with Gasteiger partial charge in [0.15, 0.2) is 6.61 Å². The van der Waals surface area contributed by atoms with Gasteiger partial charge in [0.05, 0.1) is 5.69 Å². The molecule has 5 heteroatoms. The van der Waals surface area contributed by atoms with Gasteiger partial charge in [0.25, 0.3) is 5.91 Å². The third-order valence-corrected chi connectivity index (χ3v) is 5.00. The van der Waals surface area contributed by atoms with Gasteiger partial charge in [0.1, 0.15) is 5.75 Å². The van der Waals surface area contributed by atoms with Crippen LogP contribution in [0.3, 0.4) is 0 Å². The standard InChI is InChI=1S/C12H15NO.C11H13NO2/c1-8(2)9-3-5-11-10(7-9)4-6-12(14)13-11;1-7(2)8-3-4-9-10(5-8)14-6-11(13)12-9/h3,5,7-8H,4,6H2,1-2H3,(H,13,14);3-5,7H,6H2,1-2H3,(H,12,13). The van der Waals surface area contributed by atoms with Crippen molar-refractivity contribution in [3.8, 4) is 5.75 Å². The van der Waals surface area contributed by atoms with Crippen LogP contribution in [0.25, 0.3) is 0 Å². The second-order valence-electron chi connectivity index (χ2n) is 7.87. The minimum absolute atomic E-state index is 0.0882. The molecule has 2 N–H and O–H groups in total. The van der Waals surface area contributed by atoms with Crippen LogP contribution in [0.15, 0.2) is 36.4 Å². The van der Waals surface area contributed by atoms with E-state index in [2.05, 4.69) is 50.5 Å². The quantitative estimate of drug-likeness (QED) is 0.784. The van der Waals surface area contributed by atoms with Gasteiger partial charge in [-0.15, -0.1) is 0 Å². The van der Waals surface area contributed by atoms with E-state index in [9.17, 15) is 9.59 Å². The van der Waals surface area contributed by atoms with Crippen LogP contribution in [0.5, 0.6) is 5.75 Å². The van der Waals surface area contributed by atoms with Crippen molar-refractivity contribution in [3.63, 3.8) is 0 Å². The van der Waals surface area contributed by atoms with Gasteiger partial charge in [0.2, 0.25) is 5.91 Å². The van der Waals surface area contributed by atoms with Gasteiger partial charge in [0, 0.05) is 12.1 Å². The Bertz CT molecular complexity index is 814. The number of rotatable bonds is 2. The number of carbonyl (C=O) groups is 2. The van der Waals surface area contributed by atoms with Gasteiger partial charge in [-0.2, -0.15) is 0 Å². The number of hydrogen-bond donors (Lipinski definition) is 2. The minimum Gasteiger partial charge on any atom is -0.482 e. The van der Waals surface area contributed by atoms with Crippen molar-refractivity contribution in [2.45, 2.75) is 52.4 Å². The van der Waals surface area contributed by atoms with Gasteiger partial charge < -0.3 is 15.4 Å². The lowest BCUT2D eigenvalue weighted by Crippen LogP contribution is -2.25. The zero-order valence-corrected chi connectivity index (χ0v) is 17.0. The predicted molar refractivity (Wildman–Crippen MR) is 112 cm³/mol. The van der Waals surface area contributed by atoms with E-state index >= 15 is 0 Å². The molecule has 5 nitrogen and oxygen atoms in total. The molecule has 2 aromatic carbocycles. The van der Waals surface area contributed by atoms with E-state index in [0.717, 1.165) is 23.5 Å². The van der Waals surface area contributed by atoms with Gasteiger partial charge in [-0.05, 0) is 53.1 Å². The van der Waals surface area contributed by atoms with Gasteiger partial charge >= 0.3 is 0 Å². The summed E-state index contributed by atoms with van der Waals surface area (Å²) in [6.07, 6.45) is 1.50. The molecule has 0 atom stereocenters. The Labute approximate surface area is 166 Å². The van der Waals surface area contributed by atoms with E-state index in [1.807, 2.05) is 24.3 Å². The van der Waals surface area contributed by atoms with Crippen LogP contribution in [0, 0.1) is 0 Å². The van der Waals surface area contributed by atoms with Crippen LogP contribution in [0.4, 0.5) is 11.4 Å². The molecular weight excluding hydrogens is 352 g/mol. The summed E-state index contributed by atoms with van der Waals surface area (Å²) in [5, 5.41) is 5.65. The van der Waals surface area contributed by atoms with Crippen molar-refractivity contribution >= 4 is 23.2 Å². The summed E-state index contributed by atoms with van der Waals surface area (Å²) >= 11 is 0. The molecule has 0 saturated carbocycles. The summed E-state index contributed by atoms with van der Waals surface area (Å²) in [5.41, 5.74) is 5.60. The van der Waals surface area contributed by atoms with E-state index in [1.165, 1.54) is 16.7 Å². The minimum atomic E-state index is -0.0882. The van der Waals surface area contributed by atoms with Crippen LogP contribution < -0.4 is 15.4 Å². The number of hydrogen-bond acceptors (Lipinski definition) is 3. The largest absolute Gasteiger partial charge is 0.482 e. The maximum absolute atomic E-state index is 11.1. The Morgan fingerprint density at radius 1 is 0.786 bits per heavy atom. The highest BCUT2D eigenvalue weighted by molar-refractivity contribution is 5.95. The molecule has 4 rings (SSSR count). The Balaban J connectivity index is 0.000000161. The highest BCUT2D eigenvalue weighted by atomic mass is 16.5. The van der Waals surface area contributed by atoms with Crippen molar-refractivity contribution in [2.24, 2.45) is 0 Å². The van der Waals surface area contributed by atoms with Gasteiger partial charge in [-0.1, -0.05) is 45.9 Å². The third-order valence-electron chi connectivity index (χ3n) is 5.00. The number of benzene rings is 2. The van der Waals surface area contributed by atoms with Gasteiger partial charge in [-0.3, -0.25) is 9.59 Å². The molecule has 2 aromatic rings. The third kappa shape index (κ3) is 4.71. The first kappa shape index (κ1) is 19.9. The Kier molecular flexibility index (Phi) is 6.02. The summed E-state index contributed by atoms with van der Waals surface area (Å²) in [7, 11) is 0. The van der Waals surface area contributed by atoms with Crippen molar-refractivity contribution in [1.29, 1.82) is 0 Å². The first-order chi connectivity index (χ1) is 13.3. The smallest absolute Gasteiger partial charge is 0.262 e. The molecule has 0 unspecified atom stereocenters. The van der Waals surface area contributed by atoms with Crippen LogP contribution >= 0.6 is 0 Å². The molecule has 2 amide bonds. The first-order valence-electron chi connectivity index (χ1n) is 9.82. The molecule has 0 spiro atoms. The maximum Gasteiger partial charge on any atom is 0.262 e. The fourth-order valence-electron chi connectivity index (χ4n) is 3.21. The highest BCUT2D eigenvalue weighted by Crippen LogP contribution is 2.31. The second-order valence-corrected chi connectivity index (χ2v) is 7.87. The summed E-state index contributed by atoms with van der Waals surface area (Å²) in [6, 6.07) is 12.2. The molecule has 0 radical (unpaired) electrons. The number of aryl methyl sites for hydroxylation is 1. The summed E-state index contributed by atoms with van der Waals surface area (Å²) in [6.45, 7) is 8.74.